The van der Waals surface area contributed by atoms with Crippen molar-refractivity contribution in [1.82, 2.24) is 5.32 Å². The van der Waals surface area contributed by atoms with Gasteiger partial charge in [-0.25, -0.2) is 0 Å². The Morgan fingerprint density at radius 1 is 0.864 bits per heavy atom. The molecular weight excluding hydrogens is 550 g/mol. The summed E-state index contributed by atoms with van der Waals surface area (Å²) < 4.78 is 0. The van der Waals surface area contributed by atoms with Crippen molar-refractivity contribution in [2.45, 2.75) is 151 Å². The van der Waals surface area contributed by atoms with Crippen LogP contribution < -0.4 is 5.32 Å². The first-order valence-electron chi connectivity index (χ1n) is 17.9. The smallest absolute Gasteiger partial charge is 0.303 e. The summed E-state index contributed by atoms with van der Waals surface area (Å²) >= 11 is 0. The van der Waals surface area contributed by atoms with E-state index >= 15 is 0 Å². The zero-order valence-corrected chi connectivity index (χ0v) is 28.8. The molecule has 1 amide bonds. The lowest BCUT2D eigenvalue weighted by Crippen LogP contribution is -2.66. The molecular formula is C38H61NO5. The number of amides is 1. The van der Waals surface area contributed by atoms with E-state index in [0.29, 0.717) is 18.2 Å². The maximum Gasteiger partial charge on any atom is 0.303 e. The minimum Gasteiger partial charge on any atom is -0.481 e. The summed E-state index contributed by atoms with van der Waals surface area (Å²) in [5.74, 6) is 0.270. The van der Waals surface area contributed by atoms with Crippen molar-refractivity contribution in [3.05, 3.63) is 11.6 Å². The fourth-order valence-electron chi connectivity index (χ4n) is 11.7. The minimum atomic E-state index is -0.731. The lowest BCUT2D eigenvalue weighted by molar-refractivity contribution is -0.202. The molecule has 3 N–H and O–H groups in total. The van der Waals surface area contributed by atoms with Crippen molar-refractivity contribution in [3.63, 3.8) is 0 Å². The minimum absolute atomic E-state index is 0.0268. The molecule has 6 nitrogen and oxygen atoms in total. The second-order valence-corrected chi connectivity index (χ2v) is 17.8. The molecule has 0 saturated heterocycles. The SMILES string of the molecule is CC1(C)[C@@H](O)CC[C@]2(C)[C@H]3C(=O)C=C4[C@@H]5C[C@@](C)(C(=O)NCCCCCCCC(=O)O)CC[C@]5(C)CC[C@@]4(C)[C@]3(C)CC[C@@H]12. The van der Waals surface area contributed by atoms with Gasteiger partial charge in [0.15, 0.2) is 5.78 Å². The van der Waals surface area contributed by atoms with Gasteiger partial charge in [0.2, 0.25) is 5.91 Å². The molecule has 6 heteroatoms. The summed E-state index contributed by atoms with van der Waals surface area (Å²) in [7, 11) is 0. The first kappa shape index (κ1) is 33.7. The quantitative estimate of drug-likeness (QED) is 0.230. The van der Waals surface area contributed by atoms with Gasteiger partial charge in [0.25, 0.3) is 0 Å². The number of hydrogen-bond acceptors (Lipinski definition) is 4. The Morgan fingerprint density at radius 2 is 1.52 bits per heavy atom. The summed E-state index contributed by atoms with van der Waals surface area (Å²) in [6, 6.07) is 0. The molecule has 248 valence electrons. The summed E-state index contributed by atoms with van der Waals surface area (Å²) in [5.41, 5.74) is 0.506. The van der Waals surface area contributed by atoms with E-state index in [4.69, 9.17) is 5.11 Å². The number of nitrogens with one attached hydrogen (secondary N) is 1. The third-order valence-electron chi connectivity index (χ3n) is 15.0. The van der Waals surface area contributed by atoms with Crippen molar-refractivity contribution >= 4 is 17.7 Å². The van der Waals surface area contributed by atoms with Crippen LogP contribution in [0.3, 0.4) is 0 Å². The molecule has 5 aliphatic carbocycles. The van der Waals surface area contributed by atoms with E-state index in [-0.39, 0.29) is 57.3 Å². The number of aliphatic hydroxyl groups is 1. The van der Waals surface area contributed by atoms with E-state index in [1.54, 1.807) is 0 Å². The summed E-state index contributed by atoms with van der Waals surface area (Å²) in [4.78, 5) is 38.9. The number of allylic oxidation sites excluding steroid dienone is 2. The molecule has 0 radical (unpaired) electrons. The average molecular weight is 612 g/mol. The summed E-state index contributed by atoms with van der Waals surface area (Å²) in [6.07, 6.45) is 15.3. The highest BCUT2D eigenvalue weighted by Gasteiger charge is 2.70. The van der Waals surface area contributed by atoms with Crippen molar-refractivity contribution < 1.29 is 24.6 Å². The normalized spacial score (nSPS) is 44.4. The number of carboxylic acids is 1. The topological polar surface area (TPSA) is 104 Å². The standard InChI is InChI=1S/C38H61NO5/c1-33(2)28-14-17-38(7)31(36(28,5)16-15-29(33)41)27(40)23-25-26-24-35(4,19-18-34(26,3)20-21-37(25,38)6)32(44)39-22-12-10-8-9-11-13-30(42)43/h23,26,28-29,31,41H,8-22,24H2,1-7H3,(H,39,44)(H,42,43)/t26-,28-,29-,31+,34+,35-,36-,37+,38+/m0/s1. The second-order valence-electron chi connectivity index (χ2n) is 17.8. The number of carbonyl (C=O) groups excluding carboxylic acids is 2. The number of ketones is 1. The van der Waals surface area contributed by atoms with Gasteiger partial charge < -0.3 is 15.5 Å². The van der Waals surface area contributed by atoms with Gasteiger partial charge in [-0.05, 0) is 116 Å². The molecule has 5 aliphatic rings. The average Bonchev–Trinajstić information content (AvgIpc) is 2.94. The van der Waals surface area contributed by atoms with Crippen molar-refractivity contribution in [3.8, 4) is 0 Å². The fraction of sp³-hybridized carbons (Fsp3) is 0.868. The van der Waals surface area contributed by atoms with Crippen LogP contribution in [-0.2, 0) is 14.4 Å². The van der Waals surface area contributed by atoms with Crippen LogP contribution in [0.15, 0.2) is 11.6 Å². The maximum atomic E-state index is 14.5. The second kappa shape index (κ2) is 11.5. The molecule has 0 aromatic heterocycles. The molecule has 0 bridgehead atoms. The maximum absolute atomic E-state index is 14.5. The molecule has 44 heavy (non-hydrogen) atoms. The largest absolute Gasteiger partial charge is 0.481 e. The van der Waals surface area contributed by atoms with E-state index in [1.165, 1.54) is 5.57 Å². The van der Waals surface area contributed by atoms with Crippen LogP contribution in [0.25, 0.3) is 0 Å². The number of rotatable bonds is 9. The number of carbonyl (C=O) groups is 3. The van der Waals surface area contributed by atoms with Crippen molar-refractivity contribution in [2.75, 3.05) is 6.54 Å². The predicted molar refractivity (Wildman–Crippen MR) is 174 cm³/mol. The van der Waals surface area contributed by atoms with Crippen LogP contribution >= 0.6 is 0 Å². The number of aliphatic carboxylic acids is 1. The molecule has 0 aromatic rings. The molecule has 0 aromatic carbocycles. The summed E-state index contributed by atoms with van der Waals surface area (Å²) in [6.45, 7) is 17.0. The third kappa shape index (κ3) is 5.21. The number of hydrogen-bond donors (Lipinski definition) is 3. The van der Waals surface area contributed by atoms with Crippen LogP contribution in [0.2, 0.25) is 0 Å². The van der Waals surface area contributed by atoms with Crippen LogP contribution in [0.4, 0.5) is 0 Å². The zero-order valence-electron chi connectivity index (χ0n) is 28.8. The van der Waals surface area contributed by atoms with Gasteiger partial charge in [0.1, 0.15) is 0 Å². The monoisotopic (exact) mass is 611 g/mol. The summed E-state index contributed by atoms with van der Waals surface area (Å²) in [5, 5.41) is 23.1. The number of fused-ring (bicyclic) bond motifs is 7. The van der Waals surface area contributed by atoms with Crippen molar-refractivity contribution in [1.29, 1.82) is 0 Å². The lowest BCUT2D eigenvalue weighted by atomic mass is 9.33. The number of carboxylic acid groups (broad SMARTS) is 1. The van der Waals surface area contributed by atoms with Gasteiger partial charge in [-0.15, -0.1) is 0 Å². The number of aliphatic hydroxyl groups excluding tert-OH is 1. The number of unbranched alkanes of at least 4 members (excludes halogenated alkanes) is 4. The fourth-order valence-corrected chi connectivity index (χ4v) is 11.7. The molecule has 5 rings (SSSR count). The first-order chi connectivity index (χ1) is 20.4. The van der Waals surface area contributed by atoms with E-state index < -0.39 is 11.4 Å². The zero-order chi connectivity index (χ0) is 32.3. The van der Waals surface area contributed by atoms with E-state index in [0.717, 1.165) is 89.9 Å². The Hall–Kier alpha value is -1.69. The first-order valence-corrected chi connectivity index (χ1v) is 17.9. The molecule has 9 atom stereocenters. The molecule has 0 spiro atoms. The van der Waals surface area contributed by atoms with Crippen LogP contribution in [0.1, 0.15) is 145 Å². The third-order valence-corrected chi connectivity index (χ3v) is 15.0. The van der Waals surface area contributed by atoms with Gasteiger partial charge in [-0.3, -0.25) is 14.4 Å². The van der Waals surface area contributed by atoms with Gasteiger partial charge in [0.05, 0.1) is 6.10 Å². The molecule has 4 saturated carbocycles. The van der Waals surface area contributed by atoms with Gasteiger partial charge in [0, 0.05) is 24.3 Å². The predicted octanol–water partition coefficient (Wildman–Crippen LogP) is 7.87. The van der Waals surface area contributed by atoms with Crippen LogP contribution in [0.5, 0.6) is 0 Å². The van der Waals surface area contributed by atoms with Gasteiger partial charge >= 0.3 is 5.97 Å². The Kier molecular flexibility index (Phi) is 8.82. The van der Waals surface area contributed by atoms with E-state index in [9.17, 15) is 19.5 Å². The Bertz CT molecular complexity index is 1190. The molecule has 0 heterocycles. The highest BCUT2D eigenvalue weighted by molar-refractivity contribution is 5.95. The molecule has 0 unspecified atom stereocenters. The Morgan fingerprint density at radius 3 is 2.23 bits per heavy atom. The molecule has 4 fully saturated rings. The Labute approximate surface area is 266 Å². The van der Waals surface area contributed by atoms with Crippen molar-refractivity contribution in [2.24, 2.45) is 50.2 Å². The van der Waals surface area contributed by atoms with Gasteiger partial charge in [-0.2, -0.15) is 0 Å². The highest BCUT2D eigenvalue weighted by Crippen LogP contribution is 2.75. The molecule has 0 aliphatic heterocycles. The lowest BCUT2D eigenvalue weighted by Gasteiger charge is -2.70. The highest BCUT2D eigenvalue weighted by atomic mass is 16.4. The van der Waals surface area contributed by atoms with Crippen LogP contribution in [-0.4, -0.2) is 40.5 Å². The van der Waals surface area contributed by atoms with E-state index in [2.05, 4.69) is 59.9 Å². The van der Waals surface area contributed by atoms with Gasteiger partial charge in [-0.1, -0.05) is 73.3 Å². The Balaban J connectivity index is 1.34. The van der Waals surface area contributed by atoms with E-state index in [1.807, 2.05) is 0 Å². The van der Waals surface area contributed by atoms with Crippen LogP contribution in [0, 0.1) is 50.2 Å².